The summed E-state index contributed by atoms with van der Waals surface area (Å²) in [5.74, 6) is -1.08. The van der Waals surface area contributed by atoms with Gasteiger partial charge in [-0.2, -0.15) is 0 Å². The van der Waals surface area contributed by atoms with Crippen LogP contribution in [0.25, 0.3) is 0 Å². The highest BCUT2D eigenvalue weighted by atomic mass is 16.5. The van der Waals surface area contributed by atoms with Gasteiger partial charge >= 0.3 is 6.03 Å². The third kappa shape index (κ3) is 5.71. The molecule has 0 aromatic carbocycles. The van der Waals surface area contributed by atoms with Gasteiger partial charge in [0.15, 0.2) is 0 Å². The van der Waals surface area contributed by atoms with Crippen molar-refractivity contribution in [3.05, 3.63) is 11.3 Å². The Morgan fingerprint density at radius 1 is 0.980 bits per heavy atom. The minimum Gasteiger partial charge on any atom is -0.396 e. The lowest BCUT2D eigenvalue weighted by Crippen LogP contribution is -2.62. The van der Waals surface area contributed by atoms with Gasteiger partial charge in [-0.1, -0.05) is 54.9 Å². The number of ether oxygens (including phenoxy) is 1. The number of rotatable bonds is 7. The van der Waals surface area contributed by atoms with Gasteiger partial charge in [0, 0.05) is 25.0 Å². The van der Waals surface area contributed by atoms with Crippen LogP contribution in [0.3, 0.4) is 0 Å². The van der Waals surface area contributed by atoms with Crippen molar-refractivity contribution >= 4 is 29.5 Å². The van der Waals surface area contributed by atoms with E-state index in [4.69, 9.17) is 10.5 Å². The molecular formula is C38H60N6O6. The molecule has 12 nitrogen and oxygen atoms in total. The van der Waals surface area contributed by atoms with E-state index in [0.29, 0.717) is 39.1 Å². The molecule has 6 atom stereocenters. The number of urea groups is 1. The van der Waals surface area contributed by atoms with Gasteiger partial charge in [-0.05, 0) is 86.0 Å². The molecule has 50 heavy (non-hydrogen) atoms. The van der Waals surface area contributed by atoms with Gasteiger partial charge in [-0.25, -0.2) is 4.79 Å². The lowest BCUT2D eigenvalue weighted by Gasteiger charge is -2.40. The van der Waals surface area contributed by atoms with Gasteiger partial charge in [0.1, 0.15) is 18.1 Å². The maximum absolute atomic E-state index is 14.8. The molecule has 0 aromatic rings. The molecule has 5 fully saturated rings. The fourth-order valence-electron chi connectivity index (χ4n) is 10.3. The second-order valence-electron chi connectivity index (χ2n) is 18.7. The number of carbonyl (C=O) groups excluding carboxylic acids is 5. The number of hydrogen-bond acceptors (Lipinski definition) is 7. The number of amides is 5. The van der Waals surface area contributed by atoms with Crippen LogP contribution < -0.4 is 21.7 Å². The summed E-state index contributed by atoms with van der Waals surface area (Å²) in [6.07, 6.45) is 6.10. The van der Waals surface area contributed by atoms with E-state index >= 15 is 0 Å². The van der Waals surface area contributed by atoms with E-state index in [2.05, 4.69) is 29.8 Å². The zero-order valence-corrected chi connectivity index (χ0v) is 31.7. The summed E-state index contributed by atoms with van der Waals surface area (Å²) in [6, 6.07) is -3.89. The van der Waals surface area contributed by atoms with Crippen LogP contribution in [-0.4, -0.2) is 95.3 Å². The van der Waals surface area contributed by atoms with Crippen LogP contribution in [0.4, 0.5) is 4.79 Å². The summed E-state index contributed by atoms with van der Waals surface area (Å²) < 4.78 is 5.79. The fourth-order valence-corrected chi connectivity index (χ4v) is 10.3. The van der Waals surface area contributed by atoms with Crippen molar-refractivity contribution in [1.82, 2.24) is 25.8 Å². The molecule has 3 saturated carbocycles. The van der Waals surface area contributed by atoms with Gasteiger partial charge in [-0.3, -0.25) is 19.2 Å². The number of carbonyl (C=O) groups is 5. The number of nitrogens with zero attached hydrogens (tertiary/aromatic N) is 2. The Balaban J connectivity index is 1.22. The highest BCUT2D eigenvalue weighted by molar-refractivity contribution is 6.03. The lowest BCUT2D eigenvalue weighted by molar-refractivity contribution is -0.148. The van der Waals surface area contributed by atoms with Gasteiger partial charge < -0.3 is 36.2 Å². The first-order valence-corrected chi connectivity index (χ1v) is 18.8. The van der Waals surface area contributed by atoms with Crippen molar-refractivity contribution in [1.29, 1.82) is 0 Å². The molecular weight excluding hydrogens is 636 g/mol. The van der Waals surface area contributed by atoms with Gasteiger partial charge in [0.25, 0.3) is 0 Å². The first-order chi connectivity index (χ1) is 23.2. The minimum atomic E-state index is -0.982. The number of nitrogens with one attached hydrogen (secondary N) is 3. The molecule has 2 saturated heterocycles. The maximum atomic E-state index is 14.8. The molecule has 2 heterocycles. The van der Waals surface area contributed by atoms with Crippen molar-refractivity contribution in [2.45, 2.75) is 137 Å². The van der Waals surface area contributed by atoms with Crippen molar-refractivity contribution in [2.24, 2.45) is 39.2 Å². The molecule has 4 aliphatic carbocycles. The highest BCUT2D eigenvalue weighted by Crippen LogP contribution is 2.88. The summed E-state index contributed by atoms with van der Waals surface area (Å²) >= 11 is 0. The van der Waals surface area contributed by atoms with Crippen LogP contribution in [0, 0.1) is 33.5 Å². The van der Waals surface area contributed by atoms with E-state index in [9.17, 15) is 24.0 Å². The molecule has 5 amide bonds. The maximum Gasteiger partial charge on any atom is 0.316 e. The van der Waals surface area contributed by atoms with Crippen LogP contribution in [0.2, 0.25) is 0 Å². The van der Waals surface area contributed by atoms with Gasteiger partial charge in [0.05, 0.1) is 23.9 Å². The molecule has 0 radical (unpaired) electrons. The Hall–Kier alpha value is -3.15. The Bertz CT molecular complexity index is 1490. The molecule has 6 aliphatic rings. The van der Waals surface area contributed by atoms with E-state index in [1.54, 1.807) is 9.80 Å². The zero-order valence-electron chi connectivity index (χ0n) is 31.7. The number of allylic oxidation sites excluding steroid dienone is 1. The predicted octanol–water partition coefficient (Wildman–Crippen LogP) is 3.24. The van der Waals surface area contributed by atoms with Crippen molar-refractivity contribution in [2.75, 3.05) is 26.2 Å². The van der Waals surface area contributed by atoms with Crippen LogP contribution in [-0.2, 0) is 23.9 Å². The first-order valence-electron chi connectivity index (χ1n) is 18.8. The second kappa shape index (κ2) is 12.2. The van der Waals surface area contributed by atoms with Crippen LogP contribution in [0.5, 0.6) is 0 Å². The highest BCUT2D eigenvalue weighted by Gasteiger charge is 2.85. The third-order valence-electron chi connectivity index (χ3n) is 13.8. The summed E-state index contributed by atoms with van der Waals surface area (Å²) in [5.41, 5.74) is 6.09. The van der Waals surface area contributed by atoms with Gasteiger partial charge in [0.2, 0.25) is 23.5 Å². The topological polar surface area (TPSA) is 163 Å². The molecule has 0 bridgehead atoms. The second-order valence-corrected chi connectivity index (χ2v) is 18.7. The molecule has 0 aromatic heterocycles. The standard InChI is InChI=1S/C38H60N6O6/c1-21(2)27(31(47)43-15-16-50-35(6,7)19-43)41-33(49)42-29(34(3,4)5)32(48)44-20-38(36(8,9)37(38)13-10-14-37)18-25(44)30(46)40-24-17-22-11-12-23(22)26(39)28(24)45/h21-22,24-25,27,29H,10-20,39H2,1-9H3,(H,40,46)(H2,41,42,49)/t22?,24?,25?,27-,29?,38?/m0/s1. The average molecular weight is 697 g/mol. The number of likely N-dealkylation sites (tertiary alicyclic amines) is 1. The van der Waals surface area contributed by atoms with E-state index in [0.717, 1.165) is 37.7 Å². The third-order valence-corrected chi connectivity index (χ3v) is 13.8. The van der Waals surface area contributed by atoms with Gasteiger partial charge in [-0.15, -0.1) is 0 Å². The fraction of sp³-hybridized carbons (Fsp3) is 0.816. The van der Waals surface area contributed by atoms with Crippen molar-refractivity contribution in [3.63, 3.8) is 0 Å². The Labute approximate surface area is 297 Å². The van der Waals surface area contributed by atoms with Crippen molar-refractivity contribution in [3.8, 4) is 0 Å². The molecule has 5 N–H and O–H groups in total. The lowest BCUT2D eigenvalue weighted by atomic mass is 9.69. The first kappa shape index (κ1) is 36.6. The van der Waals surface area contributed by atoms with Crippen LogP contribution >= 0.6 is 0 Å². The normalized spacial score (nSPS) is 31.8. The summed E-state index contributed by atoms with van der Waals surface area (Å²) in [4.78, 5) is 73.1. The molecule has 278 valence electrons. The summed E-state index contributed by atoms with van der Waals surface area (Å²) in [7, 11) is 0. The summed E-state index contributed by atoms with van der Waals surface area (Å²) in [5, 5.41) is 8.85. The number of Topliss-reactive ketones (excluding diaryl/α,β-unsaturated/α-hetero) is 1. The quantitative estimate of drug-likeness (QED) is 0.318. The molecule has 2 spiro atoms. The van der Waals surface area contributed by atoms with E-state index in [1.165, 1.54) is 0 Å². The number of morpholine rings is 1. The molecule has 6 rings (SSSR count). The van der Waals surface area contributed by atoms with E-state index in [1.807, 2.05) is 48.5 Å². The van der Waals surface area contributed by atoms with E-state index in [-0.39, 0.29) is 57.3 Å². The predicted molar refractivity (Wildman–Crippen MR) is 188 cm³/mol. The Kier molecular flexibility index (Phi) is 8.96. The van der Waals surface area contributed by atoms with Crippen LogP contribution in [0.15, 0.2) is 11.3 Å². The number of nitrogens with two attached hydrogens (primary N) is 1. The molecule has 12 heteroatoms. The number of ketones is 1. The van der Waals surface area contributed by atoms with E-state index < -0.39 is 41.2 Å². The smallest absolute Gasteiger partial charge is 0.316 e. The largest absolute Gasteiger partial charge is 0.396 e. The average Bonchev–Trinajstić information content (AvgIpc) is 3.20. The summed E-state index contributed by atoms with van der Waals surface area (Å²) in [6.45, 7) is 19.5. The SMILES string of the molecule is CC(C)[C@H](NC(=O)NC(C(=O)N1CC2(CC1C(=O)NC1CC3CCC3=C(N)C1=O)C(C)(C)C21CCC1)C(C)(C)C)C(=O)N1CCOC(C)(C)C1. The van der Waals surface area contributed by atoms with Crippen molar-refractivity contribution < 1.29 is 28.7 Å². The minimum absolute atomic E-state index is 0.0542. The number of hydrogen-bond donors (Lipinski definition) is 4. The Morgan fingerprint density at radius 2 is 1.66 bits per heavy atom. The zero-order chi connectivity index (χ0) is 36.8. The Morgan fingerprint density at radius 3 is 2.18 bits per heavy atom. The number of fused-ring (bicyclic) bond motifs is 2. The monoisotopic (exact) mass is 696 g/mol. The molecule has 2 aliphatic heterocycles. The molecule has 5 unspecified atom stereocenters. The van der Waals surface area contributed by atoms with Crippen LogP contribution in [0.1, 0.15) is 107 Å².